The Kier molecular flexibility index (Phi) is 7.27. The lowest BCUT2D eigenvalue weighted by Crippen LogP contribution is -2.35. The van der Waals surface area contributed by atoms with Crippen molar-refractivity contribution in [3.8, 4) is 28.7 Å². The monoisotopic (exact) mass is 523 g/mol. The van der Waals surface area contributed by atoms with Gasteiger partial charge in [0.1, 0.15) is 11.9 Å². The minimum Gasteiger partial charge on any atom is -0.419 e. The fourth-order valence-electron chi connectivity index (χ4n) is 5.27. The average molecular weight is 524 g/mol. The summed E-state index contributed by atoms with van der Waals surface area (Å²) in [4.78, 5) is 15.6. The van der Waals surface area contributed by atoms with E-state index in [1.165, 1.54) is 6.07 Å². The molecule has 7 nitrogen and oxygen atoms in total. The molecule has 1 amide bonds. The third kappa shape index (κ3) is 5.31. The second-order valence-corrected chi connectivity index (χ2v) is 10.3. The van der Waals surface area contributed by atoms with Crippen LogP contribution in [0, 0.1) is 17.1 Å². The van der Waals surface area contributed by atoms with Gasteiger partial charge < -0.3 is 15.1 Å². The van der Waals surface area contributed by atoms with Crippen LogP contribution in [0.2, 0.25) is 0 Å². The van der Waals surface area contributed by atoms with E-state index in [4.69, 9.17) is 10.2 Å². The van der Waals surface area contributed by atoms with Crippen LogP contribution in [0.5, 0.6) is 0 Å². The van der Waals surface area contributed by atoms with Gasteiger partial charge in [0.2, 0.25) is 11.8 Å². The summed E-state index contributed by atoms with van der Waals surface area (Å²) in [6, 6.07) is 21.5. The van der Waals surface area contributed by atoms with E-state index in [-0.39, 0.29) is 29.3 Å². The van der Waals surface area contributed by atoms with E-state index in [1.807, 2.05) is 48.2 Å². The second-order valence-electron chi connectivity index (χ2n) is 10.3. The molecular formula is C31H30FN5O2. The van der Waals surface area contributed by atoms with Gasteiger partial charge >= 0.3 is 0 Å². The van der Waals surface area contributed by atoms with Crippen molar-refractivity contribution in [1.29, 1.82) is 5.26 Å². The molecule has 1 aliphatic rings. The number of hydrogen-bond donors (Lipinski definition) is 1. The molecule has 39 heavy (non-hydrogen) atoms. The van der Waals surface area contributed by atoms with Crippen LogP contribution in [-0.4, -0.2) is 33.6 Å². The first-order valence-electron chi connectivity index (χ1n) is 13.1. The first-order chi connectivity index (χ1) is 18.8. The van der Waals surface area contributed by atoms with Crippen molar-refractivity contribution in [3.05, 3.63) is 95.1 Å². The molecule has 1 saturated heterocycles. The number of nitrogens with zero attached hydrogens (tertiary/aromatic N) is 4. The van der Waals surface area contributed by atoms with Crippen LogP contribution in [0.3, 0.4) is 0 Å². The van der Waals surface area contributed by atoms with E-state index < -0.39 is 11.4 Å². The Morgan fingerprint density at radius 1 is 1.15 bits per heavy atom. The standard InChI is InChI=1S/C31H30FN5O2/c1-3-24-11-8-14-37(24)29(38)23-16-21(25-12-7-13-27(32)26(25)19-33)15-22(17-23)28-35-36-30(39-28)31(2,34)18-20-9-5-4-6-10-20/h4-7,9-10,12-13,15-17,24H,3,8,11,14,18,34H2,1-2H3. The Labute approximate surface area is 227 Å². The van der Waals surface area contributed by atoms with Crippen LogP contribution >= 0.6 is 0 Å². The predicted octanol–water partition coefficient (Wildman–Crippen LogP) is 5.85. The molecule has 5 rings (SSSR count). The Morgan fingerprint density at radius 3 is 2.67 bits per heavy atom. The van der Waals surface area contributed by atoms with Crippen molar-refractivity contribution in [2.45, 2.75) is 51.1 Å². The SMILES string of the molecule is CCC1CCCN1C(=O)c1cc(-c2nnc(C(C)(N)Cc3ccccc3)o2)cc(-c2cccc(F)c2C#N)c1. The lowest BCUT2D eigenvalue weighted by molar-refractivity contribution is 0.0733. The van der Waals surface area contributed by atoms with Crippen molar-refractivity contribution in [3.63, 3.8) is 0 Å². The molecule has 1 fully saturated rings. The van der Waals surface area contributed by atoms with Gasteiger partial charge in [-0.15, -0.1) is 10.2 Å². The largest absolute Gasteiger partial charge is 0.419 e. The zero-order chi connectivity index (χ0) is 27.6. The molecule has 0 saturated carbocycles. The summed E-state index contributed by atoms with van der Waals surface area (Å²) < 4.78 is 20.6. The number of nitriles is 1. The Balaban J connectivity index is 1.58. The maximum atomic E-state index is 14.5. The third-order valence-corrected chi connectivity index (χ3v) is 7.30. The van der Waals surface area contributed by atoms with Gasteiger partial charge in [-0.3, -0.25) is 4.79 Å². The number of rotatable bonds is 7. The number of amides is 1. The van der Waals surface area contributed by atoms with Gasteiger partial charge in [0.05, 0.1) is 11.1 Å². The maximum absolute atomic E-state index is 14.5. The van der Waals surface area contributed by atoms with E-state index in [9.17, 15) is 14.4 Å². The van der Waals surface area contributed by atoms with Crippen LogP contribution in [0.4, 0.5) is 4.39 Å². The molecule has 0 bridgehead atoms. The highest BCUT2D eigenvalue weighted by Gasteiger charge is 2.31. The number of likely N-dealkylation sites (tertiary alicyclic amines) is 1. The molecule has 0 spiro atoms. The number of carbonyl (C=O) groups is 1. The zero-order valence-electron chi connectivity index (χ0n) is 22.0. The summed E-state index contributed by atoms with van der Waals surface area (Å²) in [6.45, 7) is 4.58. The summed E-state index contributed by atoms with van der Waals surface area (Å²) in [5.74, 6) is -0.300. The van der Waals surface area contributed by atoms with Gasteiger partial charge in [0, 0.05) is 29.3 Å². The van der Waals surface area contributed by atoms with Crippen molar-refractivity contribution in [2.24, 2.45) is 5.73 Å². The van der Waals surface area contributed by atoms with Gasteiger partial charge in [-0.2, -0.15) is 5.26 Å². The van der Waals surface area contributed by atoms with E-state index >= 15 is 0 Å². The molecule has 4 aromatic rings. The van der Waals surface area contributed by atoms with Gasteiger partial charge in [0.15, 0.2) is 0 Å². The average Bonchev–Trinajstić information content (AvgIpc) is 3.63. The smallest absolute Gasteiger partial charge is 0.254 e. The van der Waals surface area contributed by atoms with Gasteiger partial charge in [0.25, 0.3) is 5.91 Å². The number of halogens is 1. The molecule has 2 unspecified atom stereocenters. The summed E-state index contributed by atoms with van der Waals surface area (Å²) in [5.41, 5.74) is 8.40. The Morgan fingerprint density at radius 2 is 1.92 bits per heavy atom. The minimum absolute atomic E-state index is 0.0933. The molecule has 8 heteroatoms. The number of hydrogen-bond acceptors (Lipinski definition) is 6. The van der Waals surface area contributed by atoms with Crippen LogP contribution in [-0.2, 0) is 12.0 Å². The molecule has 3 aromatic carbocycles. The maximum Gasteiger partial charge on any atom is 0.254 e. The van der Waals surface area contributed by atoms with E-state index in [0.717, 1.165) is 24.8 Å². The predicted molar refractivity (Wildman–Crippen MR) is 146 cm³/mol. The van der Waals surface area contributed by atoms with Crippen LogP contribution < -0.4 is 5.73 Å². The highest BCUT2D eigenvalue weighted by molar-refractivity contribution is 5.97. The van der Waals surface area contributed by atoms with Crippen LogP contribution in [0.25, 0.3) is 22.6 Å². The first-order valence-corrected chi connectivity index (χ1v) is 13.1. The van der Waals surface area contributed by atoms with Gasteiger partial charge in [-0.1, -0.05) is 49.4 Å². The zero-order valence-corrected chi connectivity index (χ0v) is 22.0. The number of aromatic nitrogens is 2. The topological polar surface area (TPSA) is 109 Å². The van der Waals surface area contributed by atoms with E-state index in [0.29, 0.717) is 35.2 Å². The number of benzene rings is 3. The molecule has 0 aliphatic carbocycles. The summed E-state index contributed by atoms with van der Waals surface area (Å²) >= 11 is 0. The molecule has 0 radical (unpaired) electrons. The normalized spacial score (nSPS) is 16.6. The lowest BCUT2D eigenvalue weighted by Gasteiger charge is -2.24. The highest BCUT2D eigenvalue weighted by Crippen LogP contribution is 2.33. The quantitative estimate of drug-likeness (QED) is 0.326. The third-order valence-electron chi connectivity index (χ3n) is 7.30. The lowest BCUT2D eigenvalue weighted by atomic mass is 9.94. The second kappa shape index (κ2) is 10.8. The summed E-state index contributed by atoms with van der Waals surface area (Å²) in [5, 5.41) is 18.2. The first kappa shape index (κ1) is 26.3. The van der Waals surface area contributed by atoms with Crippen molar-refractivity contribution in [2.75, 3.05) is 6.54 Å². The van der Waals surface area contributed by atoms with Gasteiger partial charge in [-0.05, 0) is 68.0 Å². The molecule has 1 aliphatic heterocycles. The molecule has 1 aromatic heterocycles. The van der Waals surface area contributed by atoms with E-state index in [1.54, 1.807) is 30.3 Å². The number of carbonyl (C=O) groups excluding carboxylic acids is 1. The summed E-state index contributed by atoms with van der Waals surface area (Å²) in [6.07, 6.45) is 3.26. The van der Waals surface area contributed by atoms with Gasteiger partial charge in [-0.25, -0.2) is 4.39 Å². The fraction of sp³-hybridized carbons (Fsp3) is 0.290. The molecule has 2 N–H and O–H groups in total. The van der Waals surface area contributed by atoms with Crippen molar-refractivity contribution in [1.82, 2.24) is 15.1 Å². The Bertz CT molecular complexity index is 1540. The van der Waals surface area contributed by atoms with Crippen LogP contribution in [0.1, 0.15) is 60.5 Å². The summed E-state index contributed by atoms with van der Waals surface area (Å²) in [7, 11) is 0. The minimum atomic E-state index is -0.927. The highest BCUT2D eigenvalue weighted by atomic mass is 19.1. The van der Waals surface area contributed by atoms with Crippen molar-refractivity contribution < 1.29 is 13.6 Å². The van der Waals surface area contributed by atoms with Crippen LogP contribution in [0.15, 0.2) is 71.1 Å². The fourth-order valence-corrected chi connectivity index (χ4v) is 5.27. The molecule has 2 atom stereocenters. The Hall–Kier alpha value is -4.35. The van der Waals surface area contributed by atoms with E-state index in [2.05, 4.69) is 17.1 Å². The van der Waals surface area contributed by atoms with Crippen molar-refractivity contribution >= 4 is 5.91 Å². The molecule has 2 heterocycles. The number of nitrogens with two attached hydrogens (primary N) is 1. The molecule has 198 valence electrons. The molecular weight excluding hydrogens is 493 g/mol.